The molecule has 0 aliphatic carbocycles. The number of alkyl halides is 3. The first-order chi connectivity index (χ1) is 15.2. The van der Waals surface area contributed by atoms with E-state index in [4.69, 9.17) is 4.74 Å². The molecule has 2 atom stereocenters. The highest BCUT2D eigenvalue weighted by molar-refractivity contribution is 5.92. The second kappa shape index (κ2) is 8.73. The van der Waals surface area contributed by atoms with Gasteiger partial charge in [-0.15, -0.1) is 13.2 Å². The van der Waals surface area contributed by atoms with Crippen LogP contribution in [0.5, 0.6) is 5.75 Å². The van der Waals surface area contributed by atoms with Gasteiger partial charge >= 0.3 is 6.36 Å². The molecule has 1 aliphatic heterocycles. The normalized spacial score (nSPS) is 17.5. The number of fused-ring (bicyclic) bond motifs is 1. The van der Waals surface area contributed by atoms with Crippen LogP contribution in [0.1, 0.15) is 41.4 Å². The van der Waals surface area contributed by atoms with Crippen molar-refractivity contribution in [1.29, 1.82) is 0 Å². The molecule has 2 aromatic heterocycles. The Labute approximate surface area is 181 Å². The first kappa shape index (κ1) is 22.0. The molecule has 1 N–H and O–H groups in total. The van der Waals surface area contributed by atoms with E-state index in [0.717, 1.165) is 0 Å². The molecule has 1 fully saturated rings. The maximum Gasteiger partial charge on any atom is 0.573 e. The molecule has 1 aliphatic rings. The minimum absolute atomic E-state index is 0.0506. The van der Waals surface area contributed by atoms with Crippen LogP contribution in [-0.4, -0.2) is 45.0 Å². The van der Waals surface area contributed by atoms with Crippen molar-refractivity contribution >= 4 is 16.9 Å². The van der Waals surface area contributed by atoms with Crippen molar-refractivity contribution < 1.29 is 27.4 Å². The Morgan fingerprint density at radius 2 is 2.16 bits per heavy atom. The highest BCUT2D eigenvalue weighted by Gasteiger charge is 2.34. The van der Waals surface area contributed by atoms with Crippen LogP contribution in [0.25, 0.3) is 11.0 Å². The molecule has 0 radical (unpaired) electrons. The summed E-state index contributed by atoms with van der Waals surface area (Å²) in [5.74, 6) is -0.275. The van der Waals surface area contributed by atoms with Gasteiger partial charge in [0.2, 0.25) is 0 Å². The van der Waals surface area contributed by atoms with E-state index in [1.165, 1.54) is 30.6 Å². The fourth-order valence-corrected chi connectivity index (χ4v) is 3.83. The standard InChI is InChI=1S/C21H22F3N5O3/c1-3-29-17-5-4-14(32-21(22,23)24)8-15(17)27-19(29)18(13-6-7-31-11-13)28-20(30)16-10-25-12(2)9-26-16/h4-5,8-10,13,18H,3,6-7,11H2,1-2H3,(H,28,30)/t13-,18-/m0/s1. The van der Waals surface area contributed by atoms with Crippen LogP contribution in [0, 0.1) is 12.8 Å². The molecule has 1 saturated heterocycles. The number of hydrogen-bond acceptors (Lipinski definition) is 6. The van der Waals surface area contributed by atoms with E-state index in [1.807, 2.05) is 11.5 Å². The van der Waals surface area contributed by atoms with Crippen LogP contribution in [-0.2, 0) is 11.3 Å². The fraction of sp³-hybridized carbons (Fsp3) is 0.429. The third-order valence-electron chi connectivity index (χ3n) is 5.31. The zero-order valence-corrected chi connectivity index (χ0v) is 17.5. The van der Waals surface area contributed by atoms with Gasteiger partial charge in [0.25, 0.3) is 5.91 Å². The minimum atomic E-state index is -4.80. The summed E-state index contributed by atoms with van der Waals surface area (Å²) in [6.07, 6.45) is -1.18. The Kier molecular flexibility index (Phi) is 6.00. The molecular formula is C21H22F3N5O3. The highest BCUT2D eigenvalue weighted by atomic mass is 19.4. The second-order valence-corrected chi connectivity index (χ2v) is 7.53. The number of amides is 1. The van der Waals surface area contributed by atoms with Crippen molar-refractivity contribution in [2.75, 3.05) is 13.2 Å². The molecule has 3 heterocycles. The van der Waals surface area contributed by atoms with Crippen LogP contribution in [0.3, 0.4) is 0 Å². The van der Waals surface area contributed by atoms with E-state index in [9.17, 15) is 18.0 Å². The van der Waals surface area contributed by atoms with Crippen LogP contribution >= 0.6 is 0 Å². The Morgan fingerprint density at radius 1 is 1.34 bits per heavy atom. The summed E-state index contributed by atoms with van der Waals surface area (Å²) in [7, 11) is 0. The van der Waals surface area contributed by atoms with E-state index >= 15 is 0 Å². The molecule has 32 heavy (non-hydrogen) atoms. The quantitative estimate of drug-likeness (QED) is 0.619. The molecule has 0 bridgehead atoms. The lowest BCUT2D eigenvalue weighted by molar-refractivity contribution is -0.274. The van der Waals surface area contributed by atoms with Gasteiger partial charge in [-0.05, 0) is 32.4 Å². The first-order valence-electron chi connectivity index (χ1n) is 10.2. The van der Waals surface area contributed by atoms with Gasteiger partial charge in [0, 0.05) is 31.3 Å². The van der Waals surface area contributed by atoms with Gasteiger partial charge in [0.05, 0.1) is 35.6 Å². The van der Waals surface area contributed by atoms with Gasteiger partial charge in [-0.25, -0.2) is 9.97 Å². The molecule has 4 rings (SSSR count). The summed E-state index contributed by atoms with van der Waals surface area (Å²) < 4.78 is 49.3. The number of rotatable bonds is 6. The van der Waals surface area contributed by atoms with Crippen molar-refractivity contribution in [1.82, 2.24) is 24.8 Å². The van der Waals surface area contributed by atoms with E-state index in [0.29, 0.717) is 48.7 Å². The SMILES string of the molecule is CCn1c([C@@H](NC(=O)c2cnc(C)cn2)[C@H]2CCOC2)nc2cc(OC(F)(F)F)ccc21. The molecule has 1 aromatic carbocycles. The van der Waals surface area contributed by atoms with Crippen molar-refractivity contribution in [3.63, 3.8) is 0 Å². The number of nitrogens with zero attached hydrogens (tertiary/aromatic N) is 4. The topological polar surface area (TPSA) is 91.2 Å². The van der Waals surface area contributed by atoms with Gasteiger partial charge in [0.1, 0.15) is 17.3 Å². The molecular weight excluding hydrogens is 427 g/mol. The van der Waals surface area contributed by atoms with Crippen molar-refractivity contribution in [3.8, 4) is 5.75 Å². The third kappa shape index (κ3) is 4.67. The number of carbonyl (C=O) groups excluding carboxylic acids is 1. The van der Waals surface area contributed by atoms with E-state index in [-0.39, 0.29) is 17.4 Å². The van der Waals surface area contributed by atoms with Crippen molar-refractivity contribution in [3.05, 3.63) is 47.8 Å². The monoisotopic (exact) mass is 449 g/mol. The summed E-state index contributed by atoms with van der Waals surface area (Å²) in [5.41, 5.74) is 1.84. The lowest BCUT2D eigenvalue weighted by atomic mass is 9.98. The Hall–Kier alpha value is -3.21. The number of aryl methyl sites for hydroxylation is 2. The van der Waals surface area contributed by atoms with Gasteiger partial charge in [-0.2, -0.15) is 0 Å². The molecule has 0 saturated carbocycles. The van der Waals surface area contributed by atoms with Gasteiger partial charge in [-0.1, -0.05) is 0 Å². The van der Waals surface area contributed by atoms with Crippen LogP contribution < -0.4 is 10.1 Å². The van der Waals surface area contributed by atoms with Gasteiger partial charge < -0.3 is 19.4 Å². The summed E-state index contributed by atoms with van der Waals surface area (Å²) in [6.45, 7) is 5.17. The van der Waals surface area contributed by atoms with Crippen molar-refractivity contribution in [2.45, 2.75) is 39.2 Å². The van der Waals surface area contributed by atoms with Crippen LogP contribution in [0.2, 0.25) is 0 Å². The number of halogens is 3. The minimum Gasteiger partial charge on any atom is -0.406 e. The van der Waals surface area contributed by atoms with Gasteiger partial charge in [0.15, 0.2) is 0 Å². The molecule has 8 nitrogen and oxygen atoms in total. The fourth-order valence-electron chi connectivity index (χ4n) is 3.83. The summed E-state index contributed by atoms with van der Waals surface area (Å²) in [6, 6.07) is 3.51. The van der Waals surface area contributed by atoms with E-state index < -0.39 is 18.3 Å². The molecule has 3 aromatic rings. The molecule has 0 spiro atoms. The third-order valence-corrected chi connectivity index (χ3v) is 5.31. The lowest BCUT2D eigenvalue weighted by Crippen LogP contribution is -2.36. The van der Waals surface area contributed by atoms with E-state index in [2.05, 4.69) is 25.0 Å². The number of ether oxygens (including phenoxy) is 2. The predicted octanol–water partition coefficient (Wildman–Crippen LogP) is 3.56. The Bertz CT molecular complexity index is 1110. The number of benzene rings is 1. The average Bonchev–Trinajstić information content (AvgIpc) is 3.38. The summed E-state index contributed by atoms with van der Waals surface area (Å²) in [5, 5.41) is 2.98. The molecule has 170 valence electrons. The highest BCUT2D eigenvalue weighted by Crippen LogP contribution is 2.33. The maximum atomic E-state index is 12.9. The number of hydrogen-bond donors (Lipinski definition) is 1. The second-order valence-electron chi connectivity index (χ2n) is 7.53. The van der Waals surface area contributed by atoms with Crippen molar-refractivity contribution in [2.24, 2.45) is 5.92 Å². The van der Waals surface area contributed by atoms with Gasteiger partial charge in [-0.3, -0.25) is 9.78 Å². The first-order valence-corrected chi connectivity index (χ1v) is 10.2. The lowest BCUT2D eigenvalue weighted by Gasteiger charge is -2.24. The Balaban J connectivity index is 1.71. The Morgan fingerprint density at radius 3 is 2.78 bits per heavy atom. The summed E-state index contributed by atoms with van der Waals surface area (Å²) in [4.78, 5) is 25.7. The molecule has 11 heteroatoms. The predicted molar refractivity (Wildman–Crippen MR) is 108 cm³/mol. The summed E-state index contributed by atoms with van der Waals surface area (Å²) >= 11 is 0. The largest absolute Gasteiger partial charge is 0.573 e. The van der Waals surface area contributed by atoms with Crippen LogP contribution in [0.4, 0.5) is 13.2 Å². The zero-order chi connectivity index (χ0) is 22.9. The smallest absolute Gasteiger partial charge is 0.406 e. The average molecular weight is 449 g/mol. The number of imidazole rings is 1. The number of nitrogens with one attached hydrogen (secondary N) is 1. The molecule has 0 unspecified atom stereocenters. The zero-order valence-electron chi connectivity index (χ0n) is 17.5. The molecule has 1 amide bonds. The van der Waals surface area contributed by atoms with E-state index in [1.54, 1.807) is 6.92 Å². The number of aromatic nitrogens is 4. The van der Waals surface area contributed by atoms with Crippen LogP contribution in [0.15, 0.2) is 30.6 Å². The maximum absolute atomic E-state index is 12.9. The number of carbonyl (C=O) groups is 1.